The van der Waals surface area contributed by atoms with Crippen LogP contribution in [0, 0.1) is 0 Å². The van der Waals surface area contributed by atoms with Crippen LogP contribution in [0.3, 0.4) is 0 Å². The van der Waals surface area contributed by atoms with Gasteiger partial charge in [0.05, 0.1) is 16.5 Å². The summed E-state index contributed by atoms with van der Waals surface area (Å²) < 4.78 is 3.49. The molecule has 0 saturated heterocycles. The van der Waals surface area contributed by atoms with Gasteiger partial charge in [0.15, 0.2) is 0 Å². The van der Waals surface area contributed by atoms with Gasteiger partial charge in [-0.05, 0) is 44.0 Å². The van der Waals surface area contributed by atoms with Gasteiger partial charge in [-0.3, -0.25) is 9.20 Å². The Bertz CT molecular complexity index is 551. The molecule has 84 valence electrons. The monoisotopic (exact) mass is 346 g/mol. The van der Waals surface area contributed by atoms with E-state index in [0.29, 0.717) is 6.42 Å². The molecule has 2 heterocycles. The number of carbonyl (C=O) groups is 1. The molecule has 2 aromatic rings. The lowest BCUT2D eigenvalue weighted by molar-refractivity contribution is -0.137. The van der Waals surface area contributed by atoms with Crippen molar-refractivity contribution in [2.24, 2.45) is 0 Å². The number of rotatable bonds is 3. The highest BCUT2D eigenvalue weighted by Crippen LogP contribution is 2.24. The van der Waals surface area contributed by atoms with E-state index >= 15 is 0 Å². The van der Waals surface area contributed by atoms with Crippen LogP contribution in [0.5, 0.6) is 0 Å². The van der Waals surface area contributed by atoms with Crippen LogP contribution in [-0.4, -0.2) is 20.5 Å². The van der Waals surface area contributed by atoms with E-state index in [-0.39, 0.29) is 6.42 Å². The Morgan fingerprint density at radius 2 is 2.19 bits per heavy atom. The first-order chi connectivity index (χ1) is 7.59. The number of carboxylic acids is 1. The van der Waals surface area contributed by atoms with E-state index in [2.05, 4.69) is 36.8 Å². The lowest BCUT2D eigenvalue weighted by atomic mass is 10.3. The summed E-state index contributed by atoms with van der Waals surface area (Å²) >= 11 is 6.78. The van der Waals surface area contributed by atoms with Crippen LogP contribution < -0.4 is 0 Å². The molecule has 0 spiro atoms. The lowest BCUT2D eigenvalue weighted by Crippen LogP contribution is -2.02. The van der Waals surface area contributed by atoms with Crippen molar-refractivity contribution >= 4 is 43.3 Å². The van der Waals surface area contributed by atoms with Crippen molar-refractivity contribution in [3.05, 3.63) is 33.2 Å². The first-order valence-corrected chi connectivity index (χ1v) is 6.21. The van der Waals surface area contributed by atoms with Gasteiger partial charge in [0.2, 0.25) is 0 Å². The van der Waals surface area contributed by atoms with Gasteiger partial charge in [-0.1, -0.05) is 6.07 Å². The Kier molecular flexibility index (Phi) is 3.30. The Balaban J connectivity index is 2.49. The van der Waals surface area contributed by atoms with Crippen molar-refractivity contribution in [3.8, 4) is 0 Å². The van der Waals surface area contributed by atoms with E-state index in [0.717, 1.165) is 20.5 Å². The molecule has 6 heteroatoms. The van der Waals surface area contributed by atoms with Crippen molar-refractivity contribution in [1.82, 2.24) is 9.38 Å². The fourth-order valence-electron chi connectivity index (χ4n) is 1.51. The molecular formula is C10H8Br2N2O2. The van der Waals surface area contributed by atoms with Gasteiger partial charge >= 0.3 is 5.97 Å². The van der Waals surface area contributed by atoms with Gasteiger partial charge in [0, 0.05) is 6.42 Å². The number of carboxylic acid groups (broad SMARTS) is 1. The summed E-state index contributed by atoms with van der Waals surface area (Å²) in [6.45, 7) is 0. The third kappa shape index (κ3) is 2.12. The second kappa shape index (κ2) is 4.55. The smallest absolute Gasteiger partial charge is 0.303 e. The van der Waals surface area contributed by atoms with E-state index in [9.17, 15) is 4.79 Å². The Labute approximate surface area is 109 Å². The largest absolute Gasteiger partial charge is 0.481 e. The third-order valence-corrected chi connectivity index (χ3v) is 3.40. The number of halogens is 2. The number of pyridine rings is 1. The zero-order chi connectivity index (χ0) is 11.7. The third-order valence-electron chi connectivity index (χ3n) is 2.20. The second-order valence-electron chi connectivity index (χ2n) is 3.28. The molecule has 0 saturated carbocycles. The average Bonchev–Trinajstić information content (AvgIpc) is 2.55. The molecule has 0 amide bonds. The van der Waals surface area contributed by atoms with E-state index in [1.54, 1.807) is 0 Å². The quantitative estimate of drug-likeness (QED) is 0.868. The average molecular weight is 348 g/mol. The molecular weight excluding hydrogens is 340 g/mol. The number of aryl methyl sites for hydroxylation is 1. The maximum Gasteiger partial charge on any atom is 0.303 e. The molecule has 1 N–H and O–H groups in total. The number of aliphatic carboxylic acids is 1. The summed E-state index contributed by atoms with van der Waals surface area (Å²) in [4.78, 5) is 14.8. The molecule has 0 aromatic carbocycles. The molecule has 0 aliphatic carbocycles. The zero-order valence-corrected chi connectivity index (χ0v) is 11.3. The van der Waals surface area contributed by atoms with Crippen molar-refractivity contribution < 1.29 is 9.90 Å². The highest BCUT2D eigenvalue weighted by atomic mass is 79.9. The number of hydrogen-bond acceptors (Lipinski definition) is 2. The highest BCUT2D eigenvalue weighted by molar-refractivity contribution is 9.11. The van der Waals surface area contributed by atoms with Gasteiger partial charge in [-0.2, -0.15) is 0 Å². The predicted octanol–water partition coefficient (Wildman–Crippen LogP) is 2.88. The molecule has 0 atom stereocenters. The summed E-state index contributed by atoms with van der Waals surface area (Å²) in [5, 5.41) is 8.66. The maximum atomic E-state index is 10.5. The minimum absolute atomic E-state index is 0.0763. The summed E-state index contributed by atoms with van der Waals surface area (Å²) in [5.74, 6) is -0.0864. The lowest BCUT2D eigenvalue weighted by Gasteiger charge is -2.01. The normalized spacial score (nSPS) is 10.9. The van der Waals surface area contributed by atoms with Gasteiger partial charge in [0.1, 0.15) is 10.4 Å². The second-order valence-corrected chi connectivity index (χ2v) is 4.85. The molecule has 0 unspecified atom stereocenters. The SMILES string of the molecule is O=C(O)CCc1nc(Br)c2cccc(Br)n12. The van der Waals surface area contributed by atoms with E-state index in [1.165, 1.54) is 0 Å². The molecule has 4 nitrogen and oxygen atoms in total. The van der Waals surface area contributed by atoms with Crippen LogP contribution in [0.1, 0.15) is 12.2 Å². The number of aromatic nitrogens is 2. The summed E-state index contributed by atoms with van der Waals surface area (Å²) in [5.41, 5.74) is 0.926. The minimum atomic E-state index is -0.820. The molecule has 16 heavy (non-hydrogen) atoms. The van der Waals surface area contributed by atoms with Gasteiger partial charge in [-0.15, -0.1) is 0 Å². The van der Waals surface area contributed by atoms with Gasteiger partial charge < -0.3 is 5.11 Å². The Morgan fingerprint density at radius 1 is 1.44 bits per heavy atom. The molecule has 0 aliphatic rings. The van der Waals surface area contributed by atoms with Crippen LogP contribution in [-0.2, 0) is 11.2 Å². The van der Waals surface area contributed by atoms with Crippen LogP contribution in [0.25, 0.3) is 5.52 Å². The molecule has 0 radical (unpaired) electrons. The van der Waals surface area contributed by atoms with Crippen LogP contribution in [0.4, 0.5) is 0 Å². The van der Waals surface area contributed by atoms with Crippen molar-refractivity contribution in [1.29, 1.82) is 0 Å². The van der Waals surface area contributed by atoms with Crippen molar-refractivity contribution in [2.75, 3.05) is 0 Å². The standard InChI is InChI=1S/C10H8Br2N2O2/c11-7-3-1-2-6-10(12)13-8(14(6)7)4-5-9(15)16/h1-3H,4-5H2,(H,15,16). The number of nitrogens with zero attached hydrogens (tertiary/aromatic N) is 2. The van der Waals surface area contributed by atoms with E-state index in [4.69, 9.17) is 5.11 Å². The first-order valence-electron chi connectivity index (χ1n) is 4.62. The number of fused-ring (bicyclic) bond motifs is 1. The zero-order valence-electron chi connectivity index (χ0n) is 8.15. The predicted molar refractivity (Wildman–Crippen MR) is 66.5 cm³/mol. The van der Waals surface area contributed by atoms with Crippen LogP contribution >= 0.6 is 31.9 Å². The van der Waals surface area contributed by atoms with Crippen molar-refractivity contribution in [2.45, 2.75) is 12.8 Å². The van der Waals surface area contributed by atoms with Crippen LogP contribution in [0.2, 0.25) is 0 Å². The molecule has 0 aliphatic heterocycles. The molecule has 2 rings (SSSR count). The fourth-order valence-corrected chi connectivity index (χ4v) is 2.58. The van der Waals surface area contributed by atoms with E-state index < -0.39 is 5.97 Å². The van der Waals surface area contributed by atoms with Gasteiger partial charge in [0.25, 0.3) is 0 Å². The first kappa shape index (κ1) is 11.6. The maximum absolute atomic E-state index is 10.5. The fraction of sp³-hybridized carbons (Fsp3) is 0.200. The highest BCUT2D eigenvalue weighted by Gasteiger charge is 2.11. The summed E-state index contributed by atoms with van der Waals surface area (Å²) in [6, 6.07) is 5.73. The van der Waals surface area contributed by atoms with Crippen LogP contribution in [0.15, 0.2) is 27.4 Å². The topological polar surface area (TPSA) is 54.6 Å². The Hall–Kier alpha value is -0.880. The number of imidazole rings is 1. The molecule has 0 bridgehead atoms. The van der Waals surface area contributed by atoms with Gasteiger partial charge in [-0.25, -0.2) is 4.98 Å². The number of hydrogen-bond donors (Lipinski definition) is 1. The Morgan fingerprint density at radius 3 is 2.88 bits per heavy atom. The summed E-state index contributed by atoms with van der Waals surface area (Å²) in [7, 11) is 0. The molecule has 0 fully saturated rings. The minimum Gasteiger partial charge on any atom is -0.481 e. The van der Waals surface area contributed by atoms with Crippen molar-refractivity contribution in [3.63, 3.8) is 0 Å². The molecule has 2 aromatic heterocycles. The summed E-state index contributed by atoms with van der Waals surface area (Å²) in [6.07, 6.45) is 0.484. The van der Waals surface area contributed by atoms with E-state index in [1.807, 2.05) is 22.6 Å².